The van der Waals surface area contributed by atoms with Crippen LogP contribution in [0.15, 0.2) is 41.9 Å². The number of carbonyl (C=O) groups excluding carboxylic acids is 6. The van der Waals surface area contributed by atoms with Gasteiger partial charge in [0.1, 0.15) is 5.78 Å². The van der Waals surface area contributed by atoms with Crippen LogP contribution in [-0.4, -0.2) is 163 Å². The molecule has 1 aromatic heterocycles. The number of hydrogen-bond donors (Lipinski definition) is 3. The number of amides is 3. The fraction of sp³-hybridized carbons (Fsp3) is 0.733. The fourth-order valence-electron chi connectivity index (χ4n) is 11.4. The number of rotatable bonds is 42. The molecule has 1 saturated heterocycles. The zero-order valence-corrected chi connectivity index (χ0v) is 50.3. The number of aromatic nitrogens is 1. The minimum absolute atomic E-state index is 0.00992. The van der Waals surface area contributed by atoms with Crippen LogP contribution in [-0.2, 0) is 59.0 Å². The van der Waals surface area contributed by atoms with E-state index in [1.165, 1.54) is 0 Å². The highest BCUT2D eigenvalue weighted by molar-refractivity contribution is 7.09. The summed E-state index contributed by atoms with van der Waals surface area (Å²) < 4.78 is 17.6. The predicted octanol–water partition coefficient (Wildman–Crippen LogP) is 8.09. The summed E-state index contributed by atoms with van der Waals surface area (Å²) in [4.78, 5) is 110. The standard InChI is InChI=1S/C60H98N6O12S/c1-12-42(6)57(52(75-10)39-54(71)66-31-20-24-48(66)58(76-11)43(7)50(68)37-45(59-62-29-35-79-59)36-44-22-16-15-17-23-44)65(9)60(74)46(40(2)3)38-51(69)56(41(4)5)64(8)30-19-14-13-18-26-53(70)63-47(27-28-55(72)73)49(67)25-21-32-77-33-34-78-61/h15-17,22-23,29,35,40-43,45-48,52,56-58H,12-14,18-21,24-28,30-34,36-39,61H2,1-11H3,(H,63,70)(H,72,73)/t42-,43-,45+,46-,47-,48-,52+,56-,57-,58+/m0/s1. The molecule has 3 amide bonds. The Labute approximate surface area is 475 Å². The number of hydrogen-bond acceptors (Lipinski definition) is 15. The summed E-state index contributed by atoms with van der Waals surface area (Å²) in [5.41, 5.74) is 1.14. The highest BCUT2D eigenvalue weighted by Crippen LogP contribution is 2.34. The van der Waals surface area contributed by atoms with Crippen molar-refractivity contribution < 1.29 is 57.7 Å². The van der Waals surface area contributed by atoms with Crippen LogP contribution in [0.1, 0.15) is 161 Å². The number of ketones is 3. The highest BCUT2D eigenvalue weighted by Gasteiger charge is 2.43. The number of nitrogens with one attached hydrogen (secondary N) is 1. The quantitative estimate of drug-likeness (QED) is 0.0421. The third-order valence-corrected chi connectivity index (χ3v) is 16.9. The Bertz CT molecular complexity index is 2130. The second kappa shape index (κ2) is 36.8. The number of thiazole rings is 1. The first-order valence-electron chi connectivity index (χ1n) is 28.9. The fourth-order valence-corrected chi connectivity index (χ4v) is 12.1. The molecular weight excluding hydrogens is 1030 g/mol. The number of Topliss-reactive ketones (excluding diaryl/α,β-unsaturated/α-hetero) is 3. The molecule has 1 fully saturated rings. The number of benzene rings is 1. The van der Waals surface area contributed by atoms with Gasteiger partial charge in [0.2, 0.25) is 17.7 Å². The van der Waals surface area contributed by atoms with Crippen LogP contribution in [0.2, 0.25) is 0 Å². The SMILES string of the molecule is CC[C@H](C)[C@@H]([C@@H](CC(=O)N1CCC[C@H]1[C@H](OC)[C@@H](C)C(=O)C[C@@H](Cc1ccccc1)c1nccs1)OC)N(C)C(=O)[C@@H](CC(=O)[C@H](C(C)C)N(C)CCCCCCC(=O)N[C@@H](CCC(=O)O)C(=O)CCCOCCON)C(C)C. The molecule has 0 radical (unpaired) electrons. The van der Waals surface area contributed by atoms with E-state index in [9.17, 15) is 38.7 Å². The molecule has 2 heterocycles. The maximum Gasteiger partial charge on any atom is 0.303 e. The summed E-state index contributed by atoms with van der Waals surface area (Å²) in [5, 5.41) is 14.8. The van der Waals surface area contributed by atoms with Gasteiger partial charge >= 0.3 is 5.97 Å². The lowest BCUT2D eigenvalue weighted by Crippen LogP contribution is -2.54. The van der Waals surface area contributed by atoms with E-state index in [1.807, 2.05) is 70.1 Å². The molecule has 79 heavy (non-hydrogen) atoms. The molecule has 1 aromatic carbocycles. The molecule has 2 aromatic rings. The molecule has 4 N–H and O–H groups in total. The van der Waals surface area contributed by atoms with Crippen LogP contribution in [0.25, 0.3) is 0 Å². The highest BCUT2D eigenvalue weighted by atomic mass is 32.1. The topological polar surface area (TPSA) is 237 Å². The smallest absolute Gasteiger partial charge is 0.303 e. The Hall–Kier alpha value is -4.50. The summed E-state index contributed by atoms with van der Waals surface area (Å²) in [5.74, 6) is 1.78. The molecule has 0 bridgehead atoms. The van der Waals surface area contributed by atoms with E-state index in [0.717, 1.165) is 42.7 Å². The lowest BCUT2D eigenvalue weighted by atomic mass is 9.83. The van der Waals surface area contributed by atoms with Gasteiger partial charge in [0, 0.05) is 95.9 Å². The molecule has 19 heteroatoms. The molecular formula is C60H98N6O12S. The summed E-state index contributed by atoms with van der Waals surface area (Å²) in [6.45, 7) is 16.0. The predicted molar refractivity (Wildman–Crippen MR) is 307 cm³/mol. The Balaban J connectivity index is 1.62. The lowest BCUT2D eigenvalue weighted by molar-refractivity contribution is -0.149. The number of nitrogens with two attached hydrogens (primary N) is 1. The maximum absolute atomic E-state index is 14.8. The van der Waals surface area contributed by atoms with Crippen LogP contribution in [0.3, 0.4) is 0 Å². The number of likely N-dealkylation sites (tertiary alicyclic amines) is 1. The van der Waals surface area contributed by atoms with Crippen molar-refractivity contribution in [1.29, 1.82) is 0 Å². The molecule has 0 unspecified atom stereocenters. The van der Waals surface area contributed by atoms with Gasteiger partial charge in [-0.25, -0.2) is 10.9 Å². The summed E-state index contributed by atoms with van der Waals surface area (Å²) in [7, 11) is 6.91. The number of unbranched alkanes of at least 4 members (excludes halogenated alkanes) is 3. The minimum atomic E-state index is -1.04. The van der Waals surface area contributed by atoms with Gasteiger partial charge in [0.15, 0.2) is 11.6 Å². The molecule has 1 aliphatic heterocycles. The van der Waals surface area contributed by atoms with Gasteiger partial charge in [-0.15, -0.1) is 11.3 Å². The Morgan fingerprint density at radius 3 is 2.15 bits per heavy atom. The molecule has 10 atom stereocenters. The van der Waals surface area contributed by atoms with E-state index in [0.29, 0.717) is 51.8 Å². The van der Waals surface area contributed by atoms with Crippen LogP contribution in [0, 0.1) is 29.6 Å². The molecule has 0 saturated carbocycles. The van der Waals surface area contributed by atoms with Crippen LogP contribution >= 0.6 is 11.3 Å². The van der Waals surface area contributed by atoms with Gasteiger partial charge in [-0.2, -0.15) is 0 Å². The van der Waals surface area contributed by atoms with E-state index >= 15 is 0 Å². The van der Waals surface area contributed by atoms with Crippen molar-refractivity contribution in [2.24, 2.45) is 35.5 Å². The largest absolute Gasteiger partial charge is 0.481 e. The number of aliphatic carboxylic acids is 1. The van der Waals surface area contributed by atoms with Crippen LogP contribution in [0.4, 0.5) is 0 Å². The monoisotopic (exact) mass is 1130 g/mol. The average Bonchev–Trinajstić information content (AvgIpc) is 4.16. The second-order valence-corrected chi connectivity index (χ2v) is 23.4. The van der Waals surface area contributed by atoms with Crippen molar-refractivity contribution in [3.63, 3.8) is 0 Å². The Kier molecular flexibility index (Phi) is 32.0. The Morgan fingerprint density at radius 2 is 1.54 bits per heavy atom. The van der Waals surface area contributed by atoms with Crippen molar-refractivity contribution >= 4 is 52.4 Å². The van der Waals surface area contributed by atoms with Crippen LogP contribution in [0.5, 0.6) is 0 Å². The molecule has 446 valence electrons. The number of carboxylic acid groups (broad SMARTS) is 1. The summed E-state index contributed by atoms with van der Waals surface area (Å²) in [6, 6.07) is 8.03. The molecule has 18 nitrogen and oxygen atoms in total. The normalized spacial score (nSPS) is 17.2. The maximum atomic E-state index is 14.8. The first-order chi connectivity index (χ1) is 37.7. The van der Waals surface area contributed by atoms with E-state index in [1.54, 1.807) is 43.7 Å². The second-order valence-electron chi connectivity index (χ2n) is 22.5. The third-order valence-electron chi connectivity index (χ3n) is 16.0. The van der Waals surface area contributed by atoms with Gasteiger partial charge in [-0.3, -0.25) is 38.5 Å². The van der Waals surface area contributed by atoms with E-state index in [-0.39, 0.29) is 117 Å². The van der Waals surface area contributed by atoms with E-state index in [4.69, 9.17) is 20.1 Å². The molecule has 0 spiro atoms. The minimum Gasteiger partial charge on any atom is -0.481 e. The number of nitrogens with zero attached hydrogens (tertiary/aromatic N) is 4. The summed E-state index contributed by atoms with van der Waals surface area (Å²) >= 11 is 1.55. The molecule has 1 aliphatic rings. The number of methoxy groups -OCH3 is 2. The first-order valence-corrected chi connectivity index (χ1v) is 29.8. The Morgan fingerprint density at radius 1 is 0.835 bits per heavy atom. The first kappa shape index (κ1) is 68.8. The van der Waals surface area contributed by atoms with Gasteiger partial charge in [-0.05, 0) is 81.9 Å². The average molecular weight is 1130 g/mol. The number of likely N-dealkylation sites (N-methyl/N-ethyl adjacent to an activating group) is 2. The van der Waals surface area contributed by atoms with Gasteiger partial charge in [0.05, 0.1) is 61.0 Å². The third kappa shape index (κ3) is 22.8. The van der Waals surface area contributed by atoms with Crippen molar-refractivity contribution in [3.8, 4) is 0 Å². The van der Waals surface area contributed by atoms with E-state index < -0.39 is 48.1 Å². The number of carbonyl (C=O) groups is 7. The van der Waals surface area contributed by atoms with E-state index in [2.05, 4.69) is 46.0 Å². The van der Waals surface area contributed by atoms with Crippen molar-refractivity contribution in [2.75, 3.05) is 61.2 Å². The van der Waals surface area contributed by atoms with Gasteiger partial charge < -0.3 is 39.3 Å². The number of ether oxygens (including phenoxy) is 3. The van der Waals surface area contributed by atoms with Gasteiger partial charge in [0.25, 0.3) is 0 Å². The molecule has 0 aliphatic carbocycles. The van der Waals surface area contributed by atoms with Gasteiger partial charge in [-0.1, -0.05) is 98.1 Å². The summed E-state index contributed by atoms with van der Waals surface area (Å²) in [6.07, 6.45) is 7.32. The van der Waals surface area contributed by atoms with Crippen molar-refractivity contribution in [3.05, 3.63) is 52.5 Å². The zero-order valence-electron chi connectivity index (χ0n) is 49.5. The zero-order chi connectivity index (χ0) is 58.6. The van der Waals surface area contributed by atoms with Crippen molar-refractivity contribution in [2.45, 2.75) is 193 Å². The number of carboxylic acids is 1. The van der Waals surface area contributed by atoms with Crippen LogP contribution < -0.4 is 11.2 Å². The van der Waals surface area contributed by atoms with Crippen molar-refractivity contribution in [1.82, 2.24) is 25.0 Å². The molecule has 3 rings (SSSR count). The lowest BCUT2D eigenvalue weighted by Gasteiger charge is -2.41.